The molecule has 230 valence electrons. The summed E-state index contributed by atoms with van der Waals surface area (Å²) in [6.45, 7) is 3.73. The van der Waals surface area contributed by atoms with Crippen LogP contribution in [-0.2, 0) is 27.1 Å². The number of rotatable bonds is 9. The number of halogens is 2. The molecule has 9 heteroatoms. The molecule has 0 spiro atoms. The third-order valence-corrected chi connectivity index (χ3v) is 10.9. The van der Waals surface area contributed by atoms with Gasteiger partial charge in [-0.2, -0.15) is 0 Å². The van der Waals surface area contributed by atoms with Crippen LogP contribution in [0.25, 0.3) is 0 Å². The molecule has 2 aliphatic heterocycles. The number of morpholine rings is 1. The zero-order chi connectivity index (χ0) is 30.7. The number of carbonyl (C=O) groups is 1. The normalized spacial score (nSPS) is 20.5. The Bertz CT molecular complexity index is 1570. The smallest absolute Gasteiger partial charge is 0.249 e. The third kappa shape index (κ3) is 6.40. The van der Waals surface area contributed by atoms with Gasteiger partial charge in [-0.15, -0.1) is 11.3 Å². The number of benzene rings is 3. The van der Waals surface area contributed by atoms with Crippen LogP contribution < -0.4 is 4.90 Å². The number of hydrogen-bond donors (Lipinski definition) is 0. The summed E-state index contributed by atoms with van der Waals surface area (Å²) in [6.07, 6.45) is 2.68. The molecule has 1 unspecified atom stereocenters. The zero-order valence-electron chi connectivity index (χ0n) is 25.2. The molecule has 6 rings (SSSR count). The maximum Gasteiger partial charge on any atom is 0.249 e. The SMILES string of the molecule is CN(C)c1nc(C2(c3ccccc3)CCN(CCC3(c4ccc(Cl)c(Cl)c4)CN(Cc4ccccc4)C(=O)CO3)CC2)cs1. The van der Waals surface area contributed by atoms with Crippen LogP contribution in [0.1, 0.15) is 41.6 Å². The summed E-state index contributed by atoms with van der Waals surface area (Å²) in [4.78, 5) is 24.7. The molecule has 0 N–H and O–H groups in total. The van der Waals surface area contributed by atoms with E-state index in [1.54, 1.807) is 11.3 Å². The maximum atomic E-state index is 13.1. The number of hydrogen-bond acceptors (Lipinski definition) is 6. The van der Waals surface area contributed by atoms with Crippen molar-refractivity contribution in [1.29, 1.82) is 0 Å². The number of anilines is 1. The van der Waals surface area contributed by atoms with Crippen molar-refractivity contribution in [2.24, 2.45) is 0 Å². The number of piperidine rings is 1. The largest absolute Gasteiger partial charge is 0.359 e. The highest BCUT2D eigenvalue weighted by atomic mass is 35.5. The second kappa shape index (κ2) is 13.2. The molecule has 0 aliphatic carbocycles. The molecule has 1 aromatic heterocycles. The van der Waals surface area contributed by atoms with Crippen LogP contribution in [0.3, 0.4) is 0 Å². The Balaban J connectivity index is 1.23. The van der Waals surface area contributed by atoms with E-state index < -0.39 is 5.60 Å². The highest BCUT2D eigenvalue weighted by Crippen LogP contribution is 2.44. The van der Waals surface area contributed by atoms with Gasteiger partial charge in [0.15, 0.2) is 5.13 Å². The molecule has 2 fully saturated rings. The summed E-state index contributed by atoms with van der Waals surface area (Å²) in [6, 6.07) is 26.7. The Labute approximate surface area is 274 Å². The molecule has 6 nitrogen and oxygen atoms in total. The summed E-state index contributed by atoms with van der Waals surface area (Å²) in [5.41, 5.74) is 3.72. The molecule has 2 saturated heterocycles. The van der Waals surface area contributed by atoms with E-state index in [0.29, 0.717) is 23.1 Å². The van der Waals surface area contributed by atoms with Crippen LogP contribution in [-0.4, -0.2) is 67.6 Å². The Morgan fingerprint density at radius 3 is 2.30 bits per heavy atom. The van der Waals surface area contributed by atoms with Crippen LogP contribution in [0.4, 0.5) is 5.13 Å². The van der Waals surface area contributed by atoms with Crippen molar-refractivity contribution in [2.45, 2.75) is 36.8 Å². The fourth-order valence-electron chi connectivity index (χ4n) is 6.57. The van der Waals surface area contributed by atoms with Gasteiger partial charge in [-0.25, -0.2) is 4.98 Å². The minimum absolute atomic E-state index is 0.00416. The van der Waals surface area contributed by atoms with E-state index >= 15 is 0 Å². The molecule has 0 saturated carbocycles. The van der Waals surface area contributed by atoms with E-state index in [1.165, 1.54) is 5.56 Å². The Morgan fingerprint density at radius 1 is 0.932 bits per heavy atom. The first-order valence-corrected chi connectivity index (χ1v) is 16.7. The van der Waals surface area contributed by atoms with Crippen molar-refractivity contribution >= 4 is 45.6 Å². The van der Waals surface area contributed by atoms with Gasteiger partial charge in [-0.05, 0) is 61.2 Å². The predicted molar refractivity (Wildman–Crippen MR) is 180 cm³/mol. The molecule has 0 bridgehead atoms. The van der Waals surface area contributed by atoms with Gasteiger partial charge in [0.1, 0.15) is 12.2 Å². The van der Waals surface area contributed by atoms with Gasteiger partial charge in [0.05, 0.1) is 22.3 Å². The molecule has 3 aromatic carbocycles. The van der Waals surface area contributed by atoms with E-state index in [1.807, 2.05) is 55.4 Å². The van der Waals surface area contributed by atoms with Crippen LogP contribution in [0.15, 0.2) is 84.2 Å². The first kappa shape index (κ1) is 31.1. The van der Waals surface area contributed by atoms with Crippen LogP contribution in [0.5, 0.6) is 0 Å². The monoisotopic (exact) mass is 648 g/mol. The number of carbonyl (C=O) groups excluding carboxylic acids is 1. The fraction of sp³-hybridized carbons (Fsp3) is 0.371. The first-order chi connectivity index (χ1) is 21.3. The molecule has 44 heavy (non-hydrogen) atoms. The summed E-state index contributed by atoms with van der Waals surface area (Å²) >= 11 is 14.5. The van der Waals surface area contributed by atoms with E-state index in [-0.39, 0.29) is 17.9 Å². The Kier molecular flexibility index (Phi) is 9.31. The van der Waals surface area contributed by atoms with Crippen molar-refractivity contribution < 1.29 is 9.53 Å². The lowest BCUT2D eigenvalue weighted by molar-refractivity contribution is -0.169. The van der Waals surface area contributed by atoms with Gasteiger partial charge >= 0.3 is 0 Å². The highest BCUT2D eigenvalue weighted by Gasteiger charge is 2.44. The van der Waals surface area contributed by atoms with Gasteiger partial charge in [0.25, 0.3) is 0 Å². The van der Waals surface area contributed by atoms with Crippen LogP contribution in [0, 0.1) is 0 Å². The summed E-state index contributed by atoms with van der Waals surface area (Å²) < 4.78 is 6.49. The number of nitrogens with zero attached hydrogens (tertiary/aromatic N) is 4. The van der Waals surface area contributed by atoms with Crippen molar-refractivity contribution in [3.05, 3.63) is 117 Å². The lowest BCUT2D eigenvalue weighted by Gasteiger charge is -2.45. The van der Waals surface area contributed by atoms with Crippen molar-refractivity contribution in [1.82, 2.24) is 14.8 Å². The van der Waals surface area contributed by atoms with E-state index in [0.717, 1.165) is 60.8 Å². The number of aromatic nitrogens is 1. The average molecular weight is 650 g/mol. The molecule has 1 amide bonds. The maximum absolute atomic E-state index is 13.1. The van der Waals surface area contributed by atoms with Crippen molar-refractivity contribution in [3.63, 3.8) is 0 Å². The van der Waals surface area contributed by atoms with Crippen LogP contribution in [0.2, 0.25) is 10.0 Å². The lowest BCUT2D eigenvalue weighted by atomic mass is 9.70. The quantitative estimate of drug-likeness (QED) is 0.191. The summed E-state index contributed by atoms with van der Waals surface area (Å²) in [7, 11) is 4.10. The van der Waals surface area contributed by atoms with Crippen molar-refractivity contribution in [3.8, 4) is 0 Å². The third-order valence-electron chi connectivity index (χ3n) is 9.17. The minimum atomic E-state index is -0.694. The van der Waals surface area contributed by atoms with Crippen LogP contribution >= 0.6 is 34.5 Å². The highest BCUT2D eigenvalue weighted by molar-refractivity contribution is 7.13. The average Bonchev–Trinajstić information content (AvgIpc) is 3.56. The van der Waals surface area contributed by atoms with Gasteiger partial charge in [-0.3, -0.25) is 4.79 Å². The minimum Gasteiger partial charge on any atom is -0.359 e. The molecule has 2 aliphatic rings. The molecule has 4 aromatic rings. The summed E-state index contributed by atoms with van der Waals surface area (Å²) in [5.74, 6) is -0.00416. The second-order valence-corrected chi connectivity index (χ2v) is 13.7. The van der Waals surface area contributed by atoms with Gasteiger partial charge < -0.3 is 19.4 Å². The predicted octanol–water partition coefficient (Wildman–Crippen LogP) is 7.24. The topological polar surface area (TPSA) is 48.9 Å². The standard InChI is InChI=1S/C35H38Cl2N4O2S/c1-39(2)33-38-31(24-44-33)34(27-11-7-4-8-12-27)15-18-40(19-16-34)20-17-35(28-13-14-29(36)30(37)21-28)25-41(32(42)23-43-35)22-26-9-5-3-6-10-26/h3-14,21,24H,15-20,22-23,25H2,1-2H3. The lowest BCUT2D eigenvalue weighted by Crippen LogP contribution is -2.54. The second-order valence-electron chi connectivity index (χ2n) is 12.1. The van der Waals surface area contributed by atoms with Crippen molar-refractivity contribution in [2.75, 3.05) is 51.8 Å². The fourth-order valence-corrected chi connectivity index (χ4v) is 7.72. The first-order valence-electron chi connectivity index (χ1n) is 15.1. The molecule has 3 heterocycles. The van der Waals surface area contributed by atoms with Gasteiger partial charge in [0, 0.05) is 38.0 Å². The Hall–Kier alpha value is -2.94. The van der Waals surface area contributed by atoms with E-state index in [2.05, 4.69) is 57.6 Å². The number of thiazole rings is 1. The molecular weight excluding hydrogens is 611 g/mol. The zero-order valence-corrected chi connectivity index (χ0v) is 27.5. The van der Waals surface area contributed by atoms with E-state index in [9.17, 15) is 4.79 Å². The molecule has 1 atom stereocenters. The molecule has 0 radical (unpaired) electrons. The van der Waals surface area contributed by atoms with E-state index in [4.69, 9.17) is 32.9 Å². The number of likely N-dealkylation sites (tertiary alicyclic amines) is 1. The van der Waals surface area contributed by atoms with Gasteiger partial charge in [-0.1, -0.05) is 89.9 Å². The molecular formula is C35H38Cl2N4O2S. The number of ether oxygens (including phenoxy) is 1. The number of amides is 1. The van der Waals surface area contributed by atoms with Gasteiger partial charge in [0.2, 0.25) is 5.91 Å². The Morgan fingerprint density at radius 2 is 1.64 bits per heavy atom. The summed E-state index contributed by atoms with van der Waals surface area (Å²) in [5, 5.41) is 4.27.